The van der Waals surface area contributed by atoms with Crippen LogP contribution >= 0.6 is 0 Å². The molecule has 3 aliphatic rings. The zero-order chi connectivity index (χ0) is 13.9. The Morgan fingerprint density at radius 2 is 1.75 bits per heavy atom. The smallest absolute Gasteiger partial charge is 0.261 e. The van der Waals surface area contributed by atoms with E-state index < -0.39 is 0 Å². The Labute approximate surface area is 117 Å². The molecule has 2 amide bonds. The van der Waals surface area contributed by atoms with Gasteiger partial charge in [0.25, 0.3) is 11.8 Å². The first-order chi connectivity index (χ1) is 9.65. The SMILES string of the molecule is Nc1ccc2c(c1)C(=O)N(C1CCN(C3CC3)C1)C2=O. The number of nitrogen functional groups attached to an aromatic ring is 1. The summed E-state index contributed by atoms with van der Waals surface area (Å²) in [6, 6.07) is 5.66. The number of amides is 2. The monoisotopic (exact) mass is 271 g/mol. The van der Waals surface area contributed by atoms with Crippen molar-refractivity contribution < 1.29 is 9.59 Å². The molecule has 0 aromatic heterocycles. The summed E-state index contributed by atoms with van der Waals surface area (Å²) in [5.74, 6) is -0.340. The van der Waals surface area contributed by atoms with E-state index in [-0.39, 0.29) is 17.9 Å². The van der Waals surface area contributed by atoms with Crippen molar-refractivity contribution >= 4 is 17.5 Å². The predicted molar refractivity (Wildman–Crippen MR) is 74.4 cm³/mol. The Hall–Kier alpha value is -1.88. The van der Waals surface area contributed by atoms with Crippen LogP contribution in [0.25, 0.3) is 0 Å². The van der Waals surface area contributed by atoms with Crippen LogP contribution in [0.4, 0.5) is 5.69 Å². The van der Waals surface area contributed by atoms with E-state index in [9.17, 15) is 9.59 Å². The van der Waals surface area contributed by atoms with Crippen molar-refractivity contribution in [2.24, 2.45) is 0 Å². The van der Waals surface area contributed by atoms with E-state index in [1.165, 1.54) is 17.7 Å². The molecule has 1 aliphatic carbocycles. The van der Waals surface area contributed by atoms with E-state index in [1.807, 2.05) is 0 Å². The Bertz CT molecular complexity index is 609. The highest BCUT2D eigenvalue weighted by Crippen LogP contribution is 2.34. The molecule has 20 heavy (non-hydrogen) atoms. The first-order valence-corrected chi connectivity index (χ1v) is 7.16. The summed E-state index contributed by atoms with van der Waals surface area (Å²) in [4.78, 5) is 28.8. The molecular weight excluding hydrogens is 254 g/mol. The van der Waals surface area contributed by atoms with Gasteiger partial charge in [0.2, 0.25) is 0 Å². The highest BCUT2D eigenvalue weighted by Gasteiger charge is 2.44. The molecule has 5 nitrogen and oxygen atoms in total. The van der Waals surface area contributed by atoms with Crippen LogP contribution in [0.1, 0.15) is 40.0 Å². The summed E-state index contributed by atoms with van der Waals surface area (Å²) in [6.45, 7) is 1.82. The van der Waals surface area contributed by atoms with Crippen molar-refractivity contribution in [3.05, 3.63) is 29.3 Å². The minimum absolute atomic E-state index is 0.0178. The van der Waals surface area contributed by atoms with E-state index in [4.69, 9.17) is 5.73 Å². The molecular formula is C15H17N3O2. The third kappa shape index (κ3) is 1.66. The van der Waals surface area contributed by atoms with E-state index in [1.54, 1.807) is 18.2 Å². The largest absolute Gasteiger partial charge is 0.399 e. The molecule has 0 bridgehead atoms. The Morgan fingerprint density at radius 3 is 2.50 bits per heavy atom. The summed E-state index contributed by atoms with van der Waals surface area (Å²) in [7, 11) is 0. The molecule has 1 unspecified atom stereocenters. The second-order valence-corrected chi connectivity index (χ2v) is 5.95. The van der Waals surface area contributed by atoms with Gasteiger partial charge in [0.05, 0.1) is 17.2 Å². The third-order valence-corrected chi connectivity index (χ3v) is 4.57. The van der Waals surface area contributed by atoms with Crippen LogP contribution in [-0.4, -0.2) is 46.8 Å². The minimum atomic E-state index is -0.181. The summed E-state index contributed by atoms with van der Waals surface area (Å²) in [5.41, 5.74) is 7.20. The van der Waals surface area contributed by atoms with E-state index in [2.05, 4.69) is 4.90 Å². The lowest BCUT2D eigenvalue weighted by atomic mass is 10.1. The molecule has 5 heteroatoms. The molecule has 1 atom stereocenters. The lowest BCUT2D eigenvalue weighted by molar-refractivity contribution is 0.0587. The van der Waals surface area contributed by atoms with Crippen molar-refractivity contribution in [2.45, 2.75) is 31.3 Å². The van der Waals surface area contributed by atoms with Crippen molar-refractivity contribution in [3.63, 3.8) is 0 Å². The van der Waals surface area contributed by atoms with Crippen LogP contribution in [-0.2, 0) is 0 Å². The van der Waals surface area contributed by atoms with Crippen LogP contribution in [0.5, 0.6) is 0 Å². The van der Waals surface area contributed by atoms with Gasteiger partial charge in [-0.15, -0.1) is 0 Å². The number of likely N-dealkylation sites (tertiary alicyclic amines) is 1. The number of nitrogens with zero attached hydrogens (tertiary/aromatic N) is 2. The average Bonchev–Trinajstić information content (AvgIpc) is 3.12. The summed E-state index contributed by atoms with van der Waals surface area (Å²) >= 11 is 0. The maximum absolute atomic E-state index is 12.5. The molecule has 2 N–H and O–H groups in total. The average molecular weight is 271 g/mol. The number of benzene rings is 1. The van der Waals surface area contributed by atoms with Crippen molar-refractivity contribution in [3.8, 4) is 0 Å². The number of nitrogens with two attached hydrogens (primary N) is 1. The second kappa shape index (κ2) is 4.06. The number of fused-ring (bicyclic) bond motifs is 1. The summed E-state index contributed by atoms with van der Waals surface area (Å²) < 4.78 is 0. The molecule has 104 valence electrons. The molecule has 1 saturated carbocycles. The van der Waals surface area contributed by atoms with Crippen LogP contribution in [0, 0.1) is 0 Å². The summed E-state index contributed by atoms with van der Waals surface area (Å²) in [5, 5.41) is 0. The normalized spacial score (nSPS) is 26.4. The van der Waals surface area contributed by atoms with Gasteiger partial charge in [0, 0.05) is 24.8 Å². The van der Waals surface area contributed by atoms with E-state index in [0.29, 0.717) is 22.9 Å². The van der Waals surface area contributed by atoms with Gasteiger partial charge in [-0.3, -0.25) is 19.4 Å². The second-order valence-electron chi connectivity index (χ2n) is 5.95. The number of carbonyl (C=O) groups is 2. The Morgan fingerprint density at radius 1 is 1.00 bits per heavy atom. The highest BCUT2D eigenvalue weighted by molar-refractivity contribution is 6.22. The molecule has 1 aromatic rings. The van der Waals surface area contributed by atoms with Crippen LogP contribution < -0.4 is 5.73 Å². The quantitative estimate of drug-likeness (QED) is 0.646. The van der Waals surface area contributed by atoms with Crippen LogP contribution in [0.2, 0.25) is 0 Å². The first kappa shape index (κ1) is 11.9. The van der Waals surface area contributed by atoms with Gasteiger partial charge < -0.3 is 5.73 Å². The number of hydrogen-bond acceptors (Lipinski definition) is 4. The topological polar surface area (TPSA) is 66.6 Å². The highest BCUT2D eigenvalue weighted by atomic mass is 16.2. The van der Waals surface area contributed by atoms with Crippen LogP contribution in [0.15, 0.2) is 18.2 Å². The zero-order valence-corrected chi connectivity index (χ0v) is 11.2. The van der Waals surface area contributed by atoms with Crippen molar-refractivity contribution in [1.82, 2.24) is 9.80 Å². The predicted octanol–water partition coefficient (Wildman–Crippen LogP) is 1.10. The van der Waals surface area contributed by atoms with Gasteiger partial charge in [-0.1, -0.05) is 0 Å². The van der Waals surface area contributed by atoms with Gasteiger partial charge in [-0.25, -0.2) is 0 Å². The number of carbonyl (C=O) groups excluding carboxylic acids is 2. The molecule has 1 saturated heterocycles. The molecule has 0 radical (unpaired) electrons. The van der Waals surface area contributed by atoms with Gasteiger partial charge in [-0.2, -0.15) is 0 Å². The first-order valence-electron chi connectivity index (χ1n) is 7.16. The third-order valence-electron chi connectivity index (χ3n) is 4.57. The zero-order valence-electron chi connectivity index (χ0n) is 11.2. The van der Waals surface area contributed by atoms with Gasteiger partial charge in [0.1, 0.15) is 0 Å². The van der Waals surface area contributed by atoms with E-state index >= 15 is 0 Å². The summed E-state index contributed by atoms with van der Waals surface area (Å²) in [6.07, 6.45) is 3.40. The standard InChI is InChI=1S/C15H17N3O2/c16-9-1-4-12-13(7-9)15(20)18(14(12)19)11-5-6-17(8-11)10-2-3-10/h1,4,7,10-11H,2-3,5-6,8,16H2. The minimum Gasteiger partial charge on any atom is -0.399 e. The number of imide groups is 1. The fourth-order valence-electron chi connectivity index (χ4n) is 3.36. The number of hydrogen-bond donors (Lipinski definition) is 1. The fraction of sp³-hybridized carbons (Fsp3) is 0.467. The maximum Gasteiger partial charge on any atom is 0.261 e. The molecule has 4 rings (SSSR count). The van der Waals surface area contributed by atoms with E-state index in [0.717, 1.165) is 19.5 Å². The number of anilines is 1. The van der Waals surface area contributed by atoms with Gasteiger partial charge in [0.15, 0.2) is 0 Å². The molecule has 2 heterocycles. The van der Waals surface area contributed by atoms with Crippen molar-refractivity contribution in [1.29, 1.82) is 0 Å². The lowest BCUT2D eigenvalue weighted by Gasteiger charge is -2.22. The molecule has 2 fully saturated rings. The maximum atomic E-state index is 12.5. The van der Waals surface area contributed by atoms with Crippen molar-refractivity contribution in [2.75, 3.05) is 18.8 Å². The number of rotatable bonds is 2. The van der Waals surface area contributed by atoms with Gasteiger partial charge >= 0.3 is 0 Å². The van der Waals surface area contributed by atoms with Crippen LogP contribution in [0.3, 0.4) is 0 Å². The molecule has 2 aliphatic heterocycles. The molecule has 1 aromatic carbocycles. The lowest BCUT2D eigenvalue weighted by Crippen LogP contribution is -2.41. The Kier molecular flexibility index (Phi) is 2.41. The Balaban J connectivity index is 1.61. The van der Waals surface area contributed by atoms with Gasteiger partial charge in [-0.05, 0) is 37.5 Å². The fourth-order valence-corrected chi connectivity index (χ4v) is 3.36. The molecule has 0 spiro atoms.